The Kier molecular flexibility index (Phi) is 4.63. The molecule has 1 amide bonds. The lowest BCUT2D eigenvalue weighted by molar-refractivity contribution is -0.144. The summed E-state index contributed by atoms with van der Waals surface area (Å²) in [5.41, 5.74) is 2.85. The first kappa shape index (κ1) is 17.0. The fourth-order valence-electron chi connectivity index (χ4n) is 4.00. The molecule has 0 saturated carbocycles. The summed E-state index contributed by atoms with van der Waals surface area (Å²) in [7, 11) is 1.35. The van der Waals surface area contributed by atoms with E-state index in [2.05, 4.69) is 47.7 Å². The van der Waals surface area contributed by atoms with Gasteiger partial charge in [-0.15, -0.1) is 0 Å². The summed E-state index contributed by atoms with van der Waals surface area (Å²) in [6, 6.07) is 8.83. The lowest BCUT2D eigenvalue weighted by Crippen LogP contribution is -2.55. The Balaban J connectivity index is 1.75. The zero-order chi connectivity index (χ0) is 17.3. The number of methoxy groups -OCH3 is 1. The van der Waals surface area contributed by atoms with Crippen molar-refractivity contribution in [3.05, 3.63) is 35.4 Å². The van der Waals surface area contributed by atoms with Crippen molar-refractivity contribution >= 4 is 11.9 Å². The number of amides is 1. The summed E-state index contributed by atoms with van der Waals surface area (Å²) in [6.45, 7) is 7.90. The summed E-state index contributed by atoms with van der Waals surface area (Å²) in [6.07, 6.45) is 0.385. The Labute approximate surface area is 143 Å². The smallest absolute Gasteiger partial charge is 0.306 e. The number of nitrogens with zero attached hydrogens (tertiary/aromatic N) is 2. The zero-order valence-electron chi connectivity index (χ0n) is 14.7. The number of hydrogen-bond acceptors (Lipinski definition) is 4. The maximum absolute atomic E-state index is 12.4. The number of hydrogen-bond donors (Lipinski definition) is 0. The molecule has 1 atom stereocenters. The van der Waals surface area contributed by atoms with Crippen LogP contribution in [-0.4, -0.2) is 55.0 Å². The third-order valence-electron chi connectivity index (χ3n) is 5.26. The minimum atomic E-state index is -0.327. The molecule has 1 saturated heterocycles. The first-order valence-corrected chi connectivity index (χ1v) is 8.60. The molecule has 0 spiro atoms. The Morgan fingerprint density at radius 3 is 2.71 bits per heavy atom. The zero-order valence-corrected chi connectivity index (χ0v) is 14.7. The van der Waals surface area contributed by atoms with Crippen LogP contribution in [0.1, 0.15) is 43.9 Å². The van der Waals surface area contributed by atoms with Crippen molar-refractivity contribution in [1.82, 2.24) is 9.80 Å². The highest BCUT2D eigenvalue weighted by Gasteiger charge is 2.40. The quantitative estimate of drug-likeness (QED) is 0.797. The van der Waals surface area contributed by atoms with Crippen molar-refractivity contribution in [2.75, 3.05) is 33.3 Å². The average Bonchev–Trinajstić information content (AvgIpc) is 2.59. The lowest BCUT2D eigenvalue weighted by atomic mass is 9.75. The molecule has 1 aromatic carbocycles. The molecule has 2 aliphatic heterocycles. The molecule has 24 heavy (non-hydrogen) atoms. The maximum atomic E-state index is 12.4. The van der Waals surface area contributed by atoms with Gasteiger partial charge in [-0.3, -0.25) is 14.5 Å². The number of fused-ring (bicyclic) bond motifs is 3. The van der Waals surface area contributed by atoms with Crippen LogP contribution in [0, 0.1) is 0 Å². The van der Waals surface area contributed by atoms with E-state index in [0.29, 0.717) is 6.54 Å². The van der Waals surface area contributed by atoms with E-state index in [1.165, 1.54) is 18.2 Å². The summed E-state index contributed by atoms with van der Waals surface area (Å²) >= 11 is 0. The molecule has 0 aliphatic carbocycles. The van der Waals surface area contributed by atoms with Crippen LogP contribution in [0.25, 0.3) is 0 Å². The minimum absolute atomic E-state index is 0.0439. The number of esters is 1. The van der Waals surface area contributed by atoms with Crippen LogP contribution in [-0.2, 0) is 19.7 Å². The molecule has 0 N–H and O–H groups in total. The van der Waals surface area contributed by atoms with E-state index < -0.39 is 0 Å². The van der Waals surface area contributed by atoms with E-state index in [4.69, 9.17) is 0 Å². The van der Waals surface area contributed by atoms with Crippen molar-refractivity contribution in [3.8, 4) is 0 Å². The molecular formula is C19H26N2O3. The van der Waals surface area contributed by atoms with E-state index in [0.717, 1.165) is 19.6 Å². The number of benzene rings is 1. The standard InChI is InChI=1S/C19H26N2O3/c1-19(2)13-21-11-10-20(17(22)8-9-18(23)24-3)12-16(21)14-6-4-5-7-15(14)19/h4-7,16H,8-13H2,1-3H3. The van der Waals surface area contributed by atoms with Gasteiger partial charge in [0.2, 0.25) is 5.91 Å². The minimum Gasteiger partial charge on any atom is -0.469 e. The van der Waals surface area contributed by atoms with Crippen molar-refractivity contribution in [3.63, 3.8) is 0 Å². The summed E-state index contributed by atoms with van der Waals surface area (Å²) in [5.74, 6) is -0.283. The van der Waals surface area contributed by atoms with Crippen LogP contribution >= 0.6 is 0 Å². The fourth-order valence-corrected chi connectivity index (χ4v) is 4.00. The molecule has 1 fully saturated rings. The summed E-state index contributed by atoms with van der Waals surface area (Å²) in [4.78, 5) is 28.1. The van der Waals surface area contributed by atoms with Gasteiger partial charge in [-0.1, -0.05) is 38.1 Å². The number of rotatable bonds is 3. The van der Waals surface area contributed by atoms with Crippen LogP contribution in [0.5, 0.6) is 0 Å². The Hall–Kier alpha value is -1.88. The van der Waals surface area contributed by atoms with Crippen LogP contribution < -0.4 is 0 Å². The van der Waals surface area contributed by atoms with E-state index in [1.807, 2.05) is 4.90 Å². The molecule has 130 valence electrons. The highest BCUT2D eigenvalue weighted by atomic mass is 16.5. The molecular weight excluding hydrogens is 304 g/mol. The van der Waals surface area contributed by atoms with Gasteiger partial charge in [-0.25, -0.2) is 0 Å². The second-order valence-corrected chi connectivity index (χ2v) is 7.37. The first-order chi connectivity index (χ1) is 11.4. The molecule has 0 aromatic heterocycles. The van der Waals surface area contributed by atoms with Crippen molar-refractivity contribution in [2.24, 2.45) is 0 Å². The van der Waals surface area contributed by atoms with Crippen LogP contribution in [0.2, 0.25) is 0 Å². The predicted octanol–water partition coefficient (Wildman–Crippen LogP) is 2.12. The molecule has 5 heteroatoms. The maximum Gasteiger partial charge on any atom is 0.306 e. The molecule has 5 nitrogen and oxygen atoms in total. The third-order valence-corrected chi connectivity index (χ3v) is 5.26. The largest absolute Gasteiger partial charge is 0.469 e. The molecule has 3 rings (SSSR count). The first-order valence-electron chi connectivity index (χ1n) is 8.60. The third kappa shape index (κ3) is 3.18. The van der Waals surface area contributed by atoms with E-state index in [-0.39, 0.29) is 36.2 Å². The molecule has 0 radical (unpaired) electrons. The van der Waals surface area contributed by atoms with E-state index in [1.54, 1.807) is 0 Å². The van der Waals surface area contributed by atoms with E-state index in [9.17, 15) is 9.59 Å². The van der Waals surface area contributed by atoms with Crippen LogP contribution in [0.3, 0.4) is 0 Å². The van der Waals surface area contributed by atoms with Gasteiger partial charge in [0.15, 0.2) is 0 Å². The number of ether oxygens (including phenoxy) is 1. The molecule has 2 heterocycles. The average molecular weight is 330 g/mol. The van der Waals surface area contributed by atoms with E-state index >= 15 is 0 Å². The fraction of sp³-hybridized carbons (Fsp3) is 0.579. The number of carbonyl (C=O) groups is 2. The van der Waals surface area contributed by atoms with Gasteiger partial charge in [-0.05, 0) is 11.1 Å². The van der Waals surface area contributed by atoms with Gasteiger partial charge in [0, 0.05) is 38.0 Å². The molecule has 1 aromatic rings. The van der Waals surface area contributed by atoms with Gasteiger partial charge in [-0.2, -0.15) is 0 Å². The van der Waals surface area contributed by atoms with Gasteiger partial charge in [0.25, 0.3) is 0 Å². The monoisotopic (exact) mass is 330 g/mol. The Morgan fingerprint density at radius 1 is 1.21 bits per heavy atom. The highest BCUT2D eigenvalue weighted by molar-refractivity contribution is 5.81. The molecule has 0 bridgehead atoms. The predicted molar refractivity (Wildman–Crippen MR) is 91.6 cm³/mol. The second kappa shape index (κ2) is 6.55. The number of piperazine rings is 1. The lowest BCUT2D eigenvalue weighted by Gasteiger charge is -2.50. The van der Waals surface area contributed by atoms with Gasteiger partial charge < -0.3 is 9.64 Å². The molecule has 2 aliphatic rings. The summed E-state index contributed by atoms with van der Waals surface area (Å²) in [5, 5.41) is 0. The Morgan fingerprint density at radius 2 is 1.96 bits per heavy atom. The number of carbonyl (C=O) groups excluding carboxylic acids is 2. The van der Waals surface area contributed by atoms with Crippen LogP contribution in [0.4, 0.5) is 0 Å². The normalized spacial score (nSPS) is 22.5. The topological polar surface area (TPSA) is 49.9 Å². The Bertz CT molecular complexity index is 641. The van der Waals surface area contributed by atoms with Gasteiger partial charge in [0.1, 0.15) is 0 Å². The van der Waals surface area contributed by atoms with Gasteiger partial charge in [0.05, 0.1) is 19.6 Å². The second-order valence-electron chi connectivity index (χ2n) is 7.37. The van der Waals surface area contributed by atoms with Crippen molar-refractivity contribution in [1.29, 1.82) is 0 Å². The van der Waals surface area contributed by atoms with Crippen molar-refractivity contribution < 1.29 is 14.3 Å². The van der Waals surface area contributed by atoms with Crippen LogP contribution in [0.15, 0.2) is 24.3 Å². The van der Waals surface area contributed by atoms with Crippen molar-refractivity contribution in [2.45, 2.75) is 38.1 Å². The summed E-state index contributed by atoms with van der Waals surface area (Å²) < 4.78 is 4.63. The SMILES string of the molecule is COC(=O)CCC(=O)N1CCN2CC(C)(C)c3ccccc3C2C1. The molecule has 1 unspecified atom stereocenters. The highest BCUT2D eigenvalue weighted by Crippen LogP contribution is 2.40. The van der Waals surface area contributed by atoms with Gasteiger partial charge >= 0.3 is 5.97 Å².